The molecule has 1 unspecified atom stereocenters. The smallest absolute Gasteiger partial charge is 0.305 e. The second-order valence-corrected chi connectivity index (χ2v) is 10.0. The summed E-state index contributed by atoms with van der Waals surface area (Å²) < 4.78 is 4.79. The fourth-order valence-corrected chi connectivity index (χ4v) is 4.89. The van der Waals surface area contributed by atoms with Gasteiger partial charge in [0.15, 0.2) is 0 Å². The van der Waals surface area contributed by atoms with Gasteiger partial charge in [0.2, 0.25) is 5.91 Å². The molecule has 0 radical (unpaired) electrons. The van der Waals surface area contributed by atoms with E-state index in [0.29, 0.717) is 37.1 Å². The maximum atomic E-state index is 13.8. The Balaban J connectivity index is 2.27. The van der Waals surface area contributed by atoms with Gasteiger partial charge >= 0.3 is 5.97 Å². The third-order valence-electron chi connectivity index (χ3n) is 7.14. The molecule has 1 saturated heterocycles. The summed E-state index contributed by atoms with van der Waals surface area (Å²) in [7, 11) is 1.39. The number of rotatable bonds is 11. The number of nitrogens with zero attached hydrogens (tertiary/aromatic N) is 2. The van der Waals surface area contributed by atoms with Crippen LogP contribution in [0, 0.1) is 29.1 Å². The zero-order chi connectivity index (χ0) is 26.9. The van der Waals surface area contributed by atoms with E-state index in [9.17, 15) is 14.4 Å². The lowest BCUT2D eigenvalue weighted by Gasteiger charge is -2.44. The fourth-order valence-electron chi connectivity index (χ4n) is 4.89. The number of carbonyl (C=O) groups is 3. The van der Waals surface area contributed by atoms with Crippen molar-refractivity contribution in [2.75, 3.05) is 26.7 Å². The van der Waals surface area contributed by atoms with E-state index < -0.39 is 11.5 Å². The maximum absolute atomic E-state index is 13.8. The van der Waals surface area contributed by atoms with Crippen molar-refractivity contribution < 1.29 is 19.1 Å². The van der Waals surface area contributed by atoms with Crippen molar-refractivity contribution in [2.45, 2.75) is 65.3 Å². The van der Waals surface area contributed by atoms with Gasteiger partial charge in [0.1, 0.15) is 5.84 Å². The van der Waals surface area contributed by atoms with Crippen molar-refractivity contribution in [3.8, 4) is 12.3 Å². The number of nitrogen functional groups attached to an aromatic ring is 1. The summed E-state index contributed by atoms with van der Waals surface area (Å²) in [6, 6.07) is 6.16. The molecule has 1 aliphatic heterocycles. The number of piperidine rings is 1. The average Bonchev–Trinajstić information content (AvgIpc) is 2.87. The molecular weight excluding hydrogens is 456 g/mol. The first-order valence-electron chi connectivity index (χ1n) is 12.6. The predicted molar refractivity (Wildman–Crippen MR) is 140 cm³/mol. The second kappa shape index (κ2) is 13.1. The van der Waals surface area contributed by atoms with Crippen LogP contribution in [-0.4, -0.2) is 66.2 Å². The Kier molecular flexibility index (Phi) is 10.5. The number of esters is 1. The largest absolute Gasteiger partial charge is 0.469 e. The van der Waals surface area contributed by atoms with Crippen LogP contribution in [0.3, 0.4) is 0 Å². The van der Waals surface area contributed by atoms with E-state index in [0.717, 1.165) is 25.7 Å². The van der Waals surface area contributed by atoms with Crippen molar-refractivity contribution in [3.05, 3.63) is 35.4 Å². The van der Waals surface area contributed by atoms with Gasteiger partial charge in [-0.15, -0.1) is 6.42 Å². The summed E-state index contributed by atoms with van der Waals surface area (Å²) in [5, 5.41) is 7.58. The molecule has 196 valence electrons. The number of unbranched alkanes of at least 4 members (excludes halogenated alkanes) is 1. The summed E-state index contributed by atoms with van der Waals surface area (Å²) in [6.07, 6.45) is 9.95. The Morgan fingerprint density at radius 1 is 1.22 bits per heavy atom. The number of terminal acetylenes is 1. The van der Waals surface area contributed by atoms with Gasteiger partial charge < -0.3 is 20.3 Å². The number of likely N-dealkylation sites (tertiary alicyclic amines) is 1. The number of nitrogens with one attached hydrogen (secondary N) is 1. The molecule has 36 heavy (non-hydrogen) atoms. The minimum atomic E-state index is -0.865. The van der Waals surface area contributed by atoms with E-state index in [4.69, 9.17) is 22.3 Å². The molecule has 2 rings (SSSR count). The topological polar surface area (TPSA) is 117 Å². The highest BCUT2D eigenvalue weighted by atomic mass is 16.5. The number of nitrogens with two attached hydrogens (primary N) is 1. The molecule has 0 spiro atoms. The lowest BCUT2D eigenvalue weighted by atomic mass is 9.78. The average molecular weight is 497 g/mol. The van der Waals surface area contributed by atoms with Crippen LogP contribution in [0.5, 0.6) is 0 Å². The highest BCUT2D eigenvalue weighted by Crippen LogP contribution is 2.34. The number of benzene rings is 1. The van der Waals surface area contributed by atoms with E-state index in [1.807, 2.05) is 18.7 Å². The molecule has 1 aliphatic rings. The van der Waals surface area contributed by atoms with Crippen molar-refractivity contribution in [1.82, 2.24) is 9.80 Å². The van der Waals surface area contributed by atoms with Crippen LogP contribution in [0.2, 0.25) is 0 Å². The first kappa shape index (κ1) is 28.9. The Morgan fingerprint density at radius 2 is 1.81 bits per heavy atom. The number of methoxy groups -OCH3 is 1. The summed E-state index contributed by atoms with van der Waals surface area (Å²) in [6.45, 7) is 7.09. The SMILES string of the molecule is C#CCN(C(=O)c1ccc(C(=N)N)cc1)C(CCCC)C(C)(C)C(=O)N1CCC(CC(=O)OC)CC1. The number of amides is 2. The Morgan fingerprint density at radius 3 is 2.31 bits per heavy atom. The van der Waals surface area contributed by atoms with Crippen molar-refractivity contribution in [3.63, 3.8) is 0 Å². The minimum absolute atomic E-state index is 0.0122. The monoisotopic (exact) mass is 496 g/mol. The molecule has 0 bridgehead atoms. The molecule has 1 fully saturated rings. The molecule has 1 atom stereocenters. The van der Waals surface area contributed by atoms with Gasteiger partial charge in [-0.05, 0) is 51.2 Å². The Bertz CT molecular complexity index is 972. The first-order valence-corrected chi connectivity index (χ1v) is 12.6. The van der Waals surface area contributed by atoms with Gasteiger partial charge in [-0.2, -0.15) is 0 Å². The quantitative estimate of drug-likeness (QED) is 0.211. The van der Waals surface area contributed by atoms with Gasteiger partial charge in [0.25, 0.3) is 5.91 Å². The molecule has 0 aromatic heterocycles. The molecular formula is C28H40N4O4. The van der Waals surface area contributed by atoms with Crippen molar-refractivity contribution in [2.24, 2.45) is 17.1 Å². The van der Waals surface area contributed by atoms with E-state index >= 15 is 0 Å². The van der Waals surface area contributed by atoms with Crippen LogP contribution in [0.1, 0.15) is 75.2 Å². The summed E-state index contributed by atoms with van der Waals surface area (Å²) in [5.74, 6) is 2.26. The van der Waals surface area contributed by atoms with E-state index in [1.54, 1.807) is 29.2 Å². The lowest BCUT2D eigenvalue weighted by molar-refractivity contribution is -0.146. The molecule has 8 nitrogen and oxygen atoms in total. The molecule has 0 saturated carbocycles. The molecule has 1 aromatic rings. The maximum Gasteiger partial charge on any atom is 0.305 e. The van der Waals surface area contributed by atoms with E-state index in [1.165, 1.54) is 7.11 Å². The molecule has 8 heteroatoms. The van der Waals surface area contributed by atoms with Crippen LogP contribution in [0.25, 0.3) is 0 Å². The van der Waals surface area contributed by atoms with Crippen LogP contribution in [-0.2, 0) is 14.3 Å². The summed E-state index contributed by atoms with van der Waals surface area (Å²) >= 11 is 0. The number of ether oxygens (including phenoxy) is 1. The zero-order valence-electron chi connectivity index (χ0n) is 22.0. The highest BCUT2D eigenvalue weighted by molar-refractivity contribution is 5.98. The molecule has 1 heterocycles. The first-order chi connectivity index (χ1) is 17.1. The van der Waals surface area contributed by atoms with Gasteiger partial charge in [-0.3, -0.25) is 19.8 Å². The summed E-state index contributed by atoms with van der Waals surface area (Å²) in [4.78, 5) is 42.6. The molecule has 0 aliphatic carbocycles. The number of carbonyl (C=O) groups excluding carboxylic acids is 3. The van der Waals surface area contributed by atoms with Crippen LogP contribution < -0.4 is 5.73 Å². The van der Waals surface area contributed by atoms with Crippen molar-refractivity contribution in [1.29, 1.82) is 5.41 Å². The van der Waals surface area contributed by atoms with Gasteiger partial charge in [-0.25, -0.2) is 0 Å². The third-order valence-corrected chi connectivity index (χ3v) is 7.14. The standard InChI is InChI=1S/C28H40N4O4/c1-6-8-9-23(32(16-7-2)26(34)22-12-10-21(11-13-22)25(29)30)28(3,4)27(35)31-17-14-20(15-18-31)19-24(33)36-5/h2,10-13,20,23H,6,8-9,14-19H2,1,3-5H3,(H3,29,30). The predicted octanol–water partition coefficient (Wildman–Crippen LogP) is 3.43. The third kappa shape index (κ3) is 7.09. The Hall–Kier alpha value is -3.34. The number of hydrogen-bond donors (Lipinski definition) is 2. The highest BCUT2D eigenvalue weighted by Gasteiger charge is 2.44. The van der Waals surface area contributed by atoms with Gasteiger partial charge in [0.05, 0.1) is 19.1 Å². The second-order valence-electron chi connectivity index (χ2n) is 10.0. The number of amidine groups is 1. The van der Waals surface area contributed by atoms with Crippen LogP contribution >= 0.6 is 0 Å². The van der Waals surface area contributed by atoms with Crippen LogP contribution in [0.15, 0.2) is 24.3 Å². The van der Waals surface area contributed by atoms with Crippen molar-refractivity contribution >= 4 is 23.6 Å². The van der Waals surface area contributed by atoms with E-state index in [-0.39, 0.29) is 36.1 Å². The van der Waals surface area contributed by atoms with E-state index in [2.05, 4.69) is 12.8 Å². The molecule has 3 N–H and O–H groups in total. The molecule has 2 amide bonds. The molecule has 1 aromatic carbocycles. The Labute approximate surface area is 215 Å². The normalized spacial score (nSPS) is 15.0. The van der Waals surface area contributed by atoms with Crippen LogP contribution in [0.4, 0.5) is 0 Å². The number of hydrogen-bond acceptors (Lipinski definition) is 5. The zero-order valence-corrected chi connectivity index (χ0v) is 22.0. The lowest BCUT2D eigenvalue weighted by Crippen LogP contribution is -2.56. The minimum Gasteiger partial charge on any atom is -0.469 e. The fraction of sp³-hybridized carbons (Fsp3) is 0.571. The summed E-state index contributed by atoms with van der Waals surface area (Å²) in [5.41, 5.74) is 5.65. The van der Waals surface area contributed by atoms with Gasteiger partial charge in [-0.1, -0.05) is 37.8 Å². The van der Waals surface area contributed by atoms with Gasteiger partial charge in [0, 0.05) is 36.7 Å².